The number of benzene rings is 1. The van der Waals surface area contributed by atoms with Crippen LogP contribution in [-0.2, 0) is 13.2 Å². The summed E-state index contributed by atoms with van der Waals surface area (Å²) in [7, 11) is 0. The van der Waals surface area contributed by atoms with Crippen molar-refractivity contribution in [1.29, 1.82) is 0 Å². The van der Waals surface area contributed by atoms with Gasteiger partial charge in [-0.1, -0.05) is 18.2 Å². The van der Waals surface area contributed by atoms with E-state index in [-0.39, 0.29) is 18.2 Å². The fourth-order valence-electron chi connectivity index (χ4n) is 2.26. The molecule has 0 atom stereocenters. The van der Waals surface area contributed by atoms with E-state index in [2.05, 4.69) is 15.4 Å². The highest BCUT2D eigenvalue weighted by Gasteiger charge is 2.10. The molecule has 0 saturated heterocycles. The molecule has 1 aromatic carbocycles. The lowest BCUT2D eigenvalue weighted by Crippen LogP contribution is -2.24. The van der Waals surface area contributed by atoms with Crippen LogP contribution in [0, 0.1) is 0 Å². The van der Waals surface area contributed by atoms with Gasteiger partial charge in [0.2, 0.25) is 0 Å². The number of pyridine rings is 1. The van der Waals surface area contributed by atoms with Crippen molar-refractivity contribution in [1.82, 2.24) is 20.1 Å². The first-order chi connectivity index (χ1) is 11.3. The molecule has 0 aliphatic carbocycles. The van der Waals surface area contributed by atoms with Gasteiger partial charge >= 0.3 is 0 Å². The van der Waals surface area contributed by atoms with Crippen LogP contribution in [0.1, 0.15) is 21.6 Å². The van der Waals surface area contributed by atoms with Crippen molar-refractivity contribution < 1.29 is 9.90 Å². The average Bonchev–Trinajstić information content (AvgIpc) is 3.14. The van der Waals surface area contributed by atoms with Crippen molar-refractivity contribution in [3.8, 4) is 5.69 Å². The second kappa shape index (κ2) is 6.85. The lowest BCUT2D eigenvalue weighted by molar-refractivity contribution is 0.0945. The van der Waals surface area contributed by atoms with Crippen molar-refractivity contribution >= 4 is 5.91 Å². The largest absolute Gasteiger partial charge is 0.392 e. The molecule has 2 N–H and O–H groups in total. The van der Waals surface area contributed by atoms with Gasteiger partial charge in [0.1, 0.15) is 5.69 Å². The van der Waals surface area contributed by atoms with E-state index in [0.29, 0.717) is 12.1 Å². The molecule has 2 aromatic heterocycles. The predicted octanol–water partition coefficient (Wildman–Crippen LogP) is 1.69. The van der Waals surface area contributed by atoms with E-state index in [1.165, 1.54) is 6.20 Å². The van der Waals surface area contributed by atoms with Crippen molar-refractivity contribution in [3.05, 3.63) is 77.9 Å². The lowest BCUT2D eigenvalue weighted by atomic mass is 10.1. The van der Waals surface area contributed by atoms with E-state index in [1.807, 2.05) is 36.5 Å². The molecule has 0 aliphatic rings. The topological polar surface area (TPSA) is 80.0 Å². The highest BCUT2D eigenvalue weighted by Crippen LogP contribution is 2.13. The molecule has 3 rings (SSSR count). The maximum atomic E-state index is 12.2. The maximum absolute atomic E-state index is 12.2. The predicted molar refractivity (Wildman–Crippen MR) is 84.9 cm³/mol. The van der Waals surface area contributed by atoms with Gasteiger partial charge in [-0.2, -0.15) is 5.10 Å². The Kier molecular flexibility index (Phi) is 4.44. The SMILES string of the molecule is O=C(NCc1ccccc1-n1cccn1)c1cc(CO)ccn1. The number of aromatic nitrogens is 3. The van der Waals surface area contributed by atoms with Crippen molar-refractivity contribution in [2.45, 2.75) is 13.2 Å². The Labute approximate surface area is 133 Å². The first kappa shape index (κ1) is 14.9. The minimum Gasteiger partial charge on any atom is -0.392 e. The minimum absolute atomic E-state index is 0.120. The van der Waals surface area contributed by atoms with Crippen molar-refractivity contribution in [2.75, 3.05) is 0 Å². The molecule has 0 saturated carbocycles. The third-order valence-electron chi connectivity index (χ3n) is 3.42. The highest BCUT2D eigenvalue weighted by atomic mass is 16.3. The Bertz CT molecular complexity index is 800. The minimum atomic E-state index is -0.282. The number of rotatable bonds is 5. The number of carbonyl (C=O) groups is 1. The number of hydrogen-bond donors (Lipinski definition) is 2. The summed E-state index contributed by atoms with van der Waals surface area (Å²) in [4.78, 5) is 16.2. The van der Waals surface area contributed by atoms with Gasteiger partial charge in [-0.15, -0.1) is 0 Å². The first-order valence-corrected chi connectivity index (χ1v) is 7.20. The molecule has 0 fully saturated rings. The fourth-order valence-corrected chi connectivity index (χ4v) is 2.26. The molecule has 116 valence electrons. The fraction of sp³-hybridized carbons (Fsp3) is 0.118. The summed E-state index contributed by atoms with van der Waals surface area (Å²) in [6, 6.07) is 12.8. The van der Waals surface area contributed by atoms with Crippen molar-refractivity contribution in [3.63, 3.8) is 0 Å². The normalized spacial score (nSPS) is 10.5. The molecule has 0 radical (unpaired) electrons. The number of hydrogen-bond acceptors (Lipinski definition) is 4. The Morgan fingerprint density at radius 2 is 2.04 bits per heavy atom. The smallest absolute Gasteiger partial charge is 0.270 e. The molecule has 0 spiro atoms. The zero-order chi connectivity index (χ0) is 16.1. The summed E-state index contributed by atoms with van der Waals surface area (Å²) >= 11 is 0. The monoisotopic (exact) mass is 308 g/mol. The summed E-state index contributed by atoms with van der Waals surface area (Å²) in [6.45, 7) is 0.241. The molecule has 0 aliphatic heterocycles. The van der Waals surface area contributed by atoms with Gasteiger partial charge in [0, 0.05) is 25.1 Å². The number of nitrogens with one attached hydrogen (secondary N) is 1. The Morgan fingerprint density at radius 3 is 2.83 bits per heavy atom. The standard InChI is InChI=1S/C17H16N4O2/c22-12-13-6-8-18-15(10-13)17(23)19-11-14-4-1-2-5-16(14)21-9-3-7-20-21/h1-10,22H,11-12H2,(H,19,23). The molecule has 3 aromatic rings. The number of carbonyl (C=O) groups excluding carboxylic acids is 1. The number of aliphatic hydroxyl groups excluding tert-OH is 1. The summed E-state index contributed by atoms with van der Waals surface area (Å²) in [5.41, 5.74) is 2.80. The second-order valence-corrected chi connectivity index (χ2v) is 4.97. The third-order valence-corrected chi connectivity index (χ3v) is 3.42. The maximum Gasteiger partial charge on any atom is 0.270 e. The van der Waals surface area contributed by atoms with Crippen molar-refractivity contribution in [2.24, 2.45) is 0 Å². The van der Waals surface area contributed by atoms with Crippen LogP contribution >= 0.6 is 0 Å². The molecule has 0 unspecified atom stereocenters. The van der Waals surface area contributed by atoms with Crippen LogP contribution in [0.4, 0.5) is 0 Å². The Hall–Kier alpha value is -2.99. The van der Waals surface area contributed by atoms with Gasteiger partial charge in [0.25, 0.3) is 5.91 Å². The third kappa shape index (κ3) is 3.44. The zero-order valence-electron chi connectivity index (χ0n) is 12.4. The van der Waals surface area contributed by atoms with Gasteiger partial charge in [-0.05, 0) is 35.4 Å². The van der Waals surface area contributed by atoms with E-state index in [1.54, 1.807) is 23.0 Å². The number of amides is 1. The average molecular weight is 308 g/mol. The van der Waals surface area contributed by atoms with Crippen LogP contribution in [0.2, 0.25) is 0 Å². The van der Waals surface area contributed by atoms with Crippen LogP contribution in [0.5, 0.6) is 0 Å². The Morgan fingerprint density at radius 1 is 1.17 bits per heavy atom. The van der Waals surface area contributed by atoms with Crippen LogP contribution in [0.3, 0.4) is 0 Å². The molecule has 23 heavy (non-hydrogen) atoms. The molecular weight excluding hydrogens is 292 g/mol. The summed E-state index contributed by atoms with van der Waals surface area (Å²) in [5.74, 6) is -0.282. The van der Waals surface area contributed by atoms with E-state index >= 15 is 0 Å². The summed E-state index contributed by atoms with van der Waals surface area (Å²) in [6.07, 6.45) is 5.07. The second-order valence-electron chi connectivity index (χ2n) is 4.97. The number of para-hydroxylation sites is 1. The first-order valence-electron chi connectivity index (χ1n) is 7.20. The van der Waals surface area contributed by atoms with E-state index in [4.69, 9.17) is 5.11 Å². The van der Waals surface area contributed by atoms with Crippen LogP contribution in [0.15, 0.2) is 61.1 Å². The van der Waals surface area contributed by atoms with Crippen LogP contribution in [-0.4, -0.2) is 25.8 Å². The molecule has 1 amide bonds. The zero-order valence-corrected chi connectivity index (χ0v) is 12.4. The quantitative estimate of drug-likeness (QED) is 0.751. The van der Waals surface area contributed by atoms with Gasteiger partial charge in [-0.25, -0.2) is 4.68 Å². The molecule has 6 nitrogen and oxygen atoms in total. The Balaban J connectivity index is 1.75. The van der Waals surface area contributed by atoms with Gasteiger partial charge in [0.05, 0.1) is 12.3 Å². The molecular formula is C17H16N4O2. The van der Waals surface area contributed by atoms with E-state index < -0.39 is 0 Å². The molecule has 2 heterocycles. The highest BCUT2D eigenvalue weighted by molar-refractivity contribution is 5.92. The molecule has 6 heteroatoms. The van der Waals surface area contributed by atoms with E-state index in [0.717, 1.165) is 11.3 Å². The van der Waals surface area contributed by atoms with Gasteiger partial charge in [-0.3, -0.25) is 9.78 Å². The summed E-state index contributed by atoms with van der Waals surface area (Å²) in [5, 5.41) is 16.2. The molecule has 0 bridgehead atoms. The number of aliphatic hydroxyl groups is 1. The summed E-state index contributed by atoms with van der Waals surface area (Å²) < 4.78 is 1.76. The van der Waals surface area contributed by atoms with Crippen LogP contribution < -0.4 is 5.32 Å². The lowest BCUT2D eigenvalue weighted by Gasteiger charge is -2.10. The van der Waals surface area contributed by atoms with Gasteiger partial charge < -0.3 is 10.4 Å². The number of nitrogens with zero attached hydrogens (tertiary/aromatic N) is 3. The van der Waals surface area contributed by atoms with Crippen LogP contribution in [0.25, 0.3) is 5.69 Å². The van der Waals surface area contributed by atoms with Gasteiger partial charge in [0.15, 0.2) is 0 Å². The van der Waals surface area contributed by atoms with E-state index in [9.17, 15) is 4.79 Å².